The third kappa shape index (κ3) is 5.53. The van der Waals surface area contributed by atoms with Crippen LogP contribution in [-0.2, 0) is 9.59 Å². The summed E-state index contributed by atoms with van der Waals surface area (Å²) in [6.45, 7) is 0. The van der Waals surface area contributed by atoms with Crippen LogP contribution in [0.3, 0.4) is 0 Å². The Balaban J connectivity index is 1.75. The number of carbonyl (C=O) groups excluding carboxylic acids is 2. The summed E-state index contributed by atoms with van der Waals surface area (Å²) in [5.74, 6) is -5.55. The van der Waals surface area contributed by atoms with Gasteiger partial charge < -0.3 is 0 Å². The Hall–Kier alpha value is -3.02. The second kappa shape index (κ2) is 9.65. The van der Waals surface area contributed by atoms with E-state index in [0.29, 0.717) is 17.5 Å². The van der Waals surface area contributed by atoms with E-state index in [2.05, 4.69) is 0 Å². The first kappa shape index (κ1) is 21.7. The average Bonchev–Trinajstić information content (AvgIpc) is 2.68. The van der Waals surface area contributed by atoms with E-state index < -0.39 is 40.8 Å². The second-order valence-electron chi connectivity index (χ2n) is 7.40. The van der Waals surface area contributed by atoms with Crippen molar-refractivity contribution in [2.24, 2.45) is 11.8 Å². The molecule has 1 aliphatic carbocycles. The minimum Gasteiger partial charge on any atom is -0.294 e. The van der Waals surface area contributed by atoms with Crippen molar-refractivity contribution in [1.82, 2.24) is 0 Å². The first-order valence-corrected chi connectivity index (χ1v) is 9.67. The topological polar surface area (TPSA) is 34.1 Å². The quantitative estimate of drug-likeness (QED) is 0.304. The summed E-state index contributed by atoms with van der Waals surface area (Å²) >= 11 is 0. The van der Waals surface area contributed by atoms with Crippen molar-refractivity contribution in [3.8, 4) is 0 Å². The van der Waals surface area contributed by atoms with Crippen molar-refractivity contribution in [1.29, 1.82) is 0 Å². The SMILES string of the molecule is O=C(/C=C/c1ccc(F)c(F)c1)C(CC1CCC1)C(=O)/C=C/c1ccc(F)c(F)c1. The highest BCUT2D eigenvalue weighted by molar-refractivity contribution is 6.13. The van der Waals surface area contributed by atoms with E-state index in [-0.39, 0.29) is 5.92 Å². The molecule has 1 fully saturated rings. The molecule has 6 heteroatoms. The van der Waals surface area contributed by atoms with Crippen LogP contribution in [0.5, 0.6) is 0 Å². The Bertz CT molecular complexity index is 933. The van der Waals surface area contributed by atoms with Gasteiger partial charge in [-0.15, -0.1) is 0 Å². The number of allylic oxidation sites excluding steroid dienone is 2. The summed E-state index contributed by atoms with van der Waals surface area (Å²) in [7, 11) is 0. The van der Waals surface area contributed by atoms with Gasteiger partial charge in [-0.2, -0.15) is 0 Å². The van der Waals surface area contributed by atoms with Gasteiger partial charge in [0, 0.05) is 0 Å². The fraction of sp³-hybridized carbons (Fsp3) is 0.250. The molecule has 2 aromatic rings. The van der Waals surface area contributed by atoms with Crippen LogP contribution in [0.1, 0.15) is 36.8 Å². The normalized spacial score (nSPS) is 14.6. The van der Waals surface area contributed by atoms with Crippen molar-refractivity contribution >= 4 is 23.7 Å². The van der Waals surface area contributed by atoms with Gasteiger partial charge in [0.15, 0.2) is 34.8 Å². The molecule has 0 bridgehead atoms. The van der Waals surface area contributed by atoms with Gasteiger partial charge in [0.1, 0.15) is 0 Å². The molecule has 3 rings (SSSR count). The predicted octanol–water partition coefficient (Wildman–Crippen LogP) is 5.91. The van der Waals surface area contributed by atoms with Crippen molar-refractivity contribution in [2.75, 3.05) is 0 Å². The highest BCUT2D eigenvalue weighted by atomic mass is 19.2. The van der Waals surface area contributed by atoms with Crippen LogP contribution in [0.2, 0.25) is 0 Å². The van der Waals surface area contributed by atoms with E-state index >= 15 is 0 Å². The first-order valence-electron chi connectivity index (χ1n) is 9.67. The minimum absolute atomic E-state index is 0.274. The van der Waals surface area contributed by atoms with Crippen molar-refractivity contribution in [3.05, 3.63) is 82.9 Å². The van der Waals surface area contributed by atoms with E-state index in [0.717, 1.165) is 43.5 Å². The molecule has 0 radical (unpaired) electrons. The molecule has 0 aromatic heterocycles. The summed E-state index contributed by atoms with van der Waals surface area (Å²) in [6, 6.07) is 6.50. The number of hydrogen-bond donors (Lipinski definition) is 0. The molecule has 0 N–H and O–H groups in total. The van der Waals surface area contributed by atoms with Crippen LogP contribution in [-0.4, -0.2) is 11.6 Å². The monoisotopic (exact) mass is 416 g/mol. The van der Waals surface area contributed by atoms with Gasteiger partial charge in [0.25, 0.3) is 0 Å². The first-order chi connectivity index (χ1) is 14.3. The lowest BCUT2D eigenvalue weighted by Crippen LogP contribution is -2.26. The number of ketones is 2. The maximum atomic E-state index is 13.3. The molecule has 2 nitrogen and oxygen atoms in total. The highest BCUT2D eigenvalue weighted by Crippen LogP contribution is 2.33. The lowest BCUT2D eigenvalue weighted by Gasteiger charge is -2.27. The van der Waals surface area contributed by atoms with Gasteiger partial charge in [-0.3, -0.25) is 9.59 Å². The molecular formula is C24H20F4O2. The van der Waals surface area contributed by atoms with Gasteiger partial charge in [-0.25, -0.2) is 17.6 Å². The summed E-state index contributed by atoms with van der Waals surface area (Å²) in [5, 5.41) is 0. The maximum Gasteiger partial charge on any atom is 0.166 e. The van der Waals surface area contributed by atoms with Crippen LogP contribution in [0.4, 0.5) is 17.6 Å². The molecule has 1 saturated carbocycles. The van der Waals surface area contributed by atoms with Crippen molar-refractivity contribution in [2.45, 2.75) is 25.7 Å². The van der Waals surface area contributed by atoms with E-state index in [1.807, 2.05) is 0 Å². The Labute approximate surface area is 171 Å². The van der Waals surface area contributed by atoms with Crippen molar-refractivity contribution < 1.29 is 27.2 Å². The van der Waals surface area contributed by atoms with Crippen LogP contribution >= 0.6 is 0 Å². The molecule has 0 heterocycles. The van der Waals surface area contributed by atoms with E-state index in [1.165, 1.54) is 36.4 Å². The summed E-state index contributed by atoms with van der Waals surface area (Å²) in [4.78, 5) is 25.4. The molecule has 156 valence electrons. The zero-order valence-electron chi connectivity index (χ0n) is 16.1. The van der Waals surface area contributed by atoms with Gasteiger partial charge in [-0.05, 0) is 59.9 Å². The number of carbonyl (C=O) groups is 2. The molecular weight excluding hydrogens is 396 g/mol. The van der Waals surface area contributed by atoms with Crippen LogP contribution < -0.4 is 0 Å². The molecule has 2 aromatic carbocycles. The number of benzene rings is 2. The smallest absolute Gasteiger partial charge is 0.166 e. The van der Waals surface area contributed by atoms with E-state index in [4.69, 9.17) is 0 Å². The maximum absolute atomic E-state index is 13.3. The summed E-state index contributed by atoms with van der Waals surface area (Å²) in [6.07, 6.45) is 8.39. The van der Waals surface area contributed by atoms with Gasteiger partial charge >= 0.3 is 0 Å². The second-order valence-corrected chi connectivity index (χ2v) is 7.40. The number of hydrogen-bond acceptors (Lipinski definition) is 2. The Morgan fingerprint density at radius 1 is 0.800 bits per heavy atom. The van der Waals surface area contributed by atoms with Gasteiger partial charge in [0.05, 0.1) is 5.92 Å². The Morgan fingerprint density at radius 2 is 1.27 bits per heavy atom. The molecule has 0 spiro atoms. The van der Waals surface area contributed by atoms with Crippen LogP contribution in [0.15, 0.2) is 48.6 Å². The number of halogens is 4. The largest absolute Gasteiger partial charge is 0.294 e. The molecule has 0 amide bonds. The Morgan fingerprint density at radius 3 is 1.63 bits per heavy atom. The van der Waals surface area contributed by atoms with Gasteiger partial charge in [-0.1, -0.05) is 43.5 Å². The lowest BCUT2D eigenvalue weighted by molar-refractivity contribution is -0.128. The van der Waals surface area contributed by atoms with Gasteiger partial charge in [0.2, 0.25) is 0 Å². The van der Waals surface area contributed by atoms with Crippen LogP contribution in [0.25, 0.3) is 12.2 Å². The zero-order valence-corrected chi connectivity index (χ0v) is 16.1. The average molecular weight is 416 g/mol. The summed E-state index contributed by atoms with van der Waals surface area (Å²) in [5.41, 5.74) is 0.601. The van der Waals surface area contributed by atoms with Crippen molar-refractivity contribution in [3.63, 3.8) is 0 Å². The highest BCUT2D eigenvalue weighted by Gasteiger charge is 2.29. The third-order valence-electron chi connectivity index (χ3n) is 5.25. The molecule has 0 atom stereocenters. The zero-order chi connectivity index (χ0) is 21.7. The molecule has 0 aliphatic heterocycles. The van der Waals surface area contributed by atoms with Crippen LogP contribution in [0, 0.1) is 35.1 Å². The Kier molecular flexibility index (Phi) is 6.98. The summed E-state index contributed by atoms with van der Waals surface area (Å²) < 4.78 is 52.7. The molecule has 30 heavy (non-hydrogen) atoms. The molecule has 0 saturated heterocycles. The third-order valence-corrected chi connectivity index (χ3v) is 5.25. The van der Waals surface area contributed by atoms with E-state index in [1.54, 1.807) is 0 Å². The molecule has 0 unspecified atom stereocenters. The molecule has 1 aliphatic rings. The predicted molar refractivity (Wildman–Crippen MR) is 106 cm³/mol. The van der Waals surface area contributed by atoms with E-state index in [9.17, 15) is 27.2 Å². The standard InChI is InChI=1S/C24H20F4O2/c25-19-8-4-16(13-21(19)27)6-10-23(29)18(12-15-2-1-3-15)24(30)11-7-17-5-9-20(26)22(28)14-17/h4-11,13-15,18H,1-3,12H2/b10-6+,11-7+. The lowest BCUT2D eigenvalue weighted by atomic mass is 9.76. The number of rotatable bonds is 8. The fourth-order valence-corrected chi connectivity index (χ4v) is 3.26. The fourth-order valence-electron chi connectivity index (χ4n) is 3.26. The minimum atomic E-state index is -1.03.